The van der Waals surface area contributed by atoms with Gasteiger partial charge in [-0.2, -0.15) is 0 Å². The Morgan fingerprint density at radius 2 is 1.94 bits per heavy atom. The van der Waals surface area contributed by atoms with Crippen LogP contribution in [0.25, 0.3) is 0 Å². The van der Waals surface area contributed by atoms with Crippen LogP contribution >= 0.6 is 11.6 Å². The Morgan fingerprint density at radius 1 is 1.17 bits per heavy atom. The Balaban J connectivity index is 2.27. The third-order valence-corrected chi connectivity index (χ3v) is 2.73. The third kappa shape index (κ3) is 2.96. The predicted octanol–water partition coefficient (Wildman–Crippen LogP) is 3.19. The summed E-state index contributed by atoms with van der Waals surface area (Å²) in [5.74, 6) is -0.468. The maximum Gasteiger partial charge on any atom is 0.248 e. The fraction of sp³-hybridized carbons (Fsp3) is 0. The fourth-order valence-corrected chi connectivity index (χ4v) is 1.65. The summed E-state index contributed by atoms with van der Waals surface area (Å²) in [5.41, 5.74) is 7.12. The van der Waals surface area contributed by atoms with Crippen molar-refractivity contribution in [2.24, 2.45) is 10.7 Å². The van der Waals surface area contributed by atoms with Gasteiger partial charge in [-0.15, -0.1) is 0 Å². The minimum absolute atomic E-state index is 0.434. The number of primary amides is 1. The van der Waals surface area contributed by atoms with Crippen molar-refractivity contribution in [2.75, 3.05) is 0 Å². The van der Waals surface area contributed by atoms with Crippen LogP contribution in [0.4, 0.5) is 5.69 Å². The minimum Gasteiger partial charge on any atom is -0.366 e. The summed E-state index contributed by atoms with van der Waals surface area (Å²) < 4.78 is 0. The molecule has 0 saturated heterocycles. The van der Waals surface area contributed by atoms with E-state index in [1.807, 2.05) is 18.2 Å². The standard InChI is InChI=1S/C14H11ClN2O/c15-13-7-2-1-4-11(13)9-17-12-6-3-5-10(8-12)14(16)18/h1-9H,(H2,16,18). The number of benzene rings is 2. The number of hydrogen-bond donors (Lipinski definition) is 1. The van der Waals surface area contributed by atoms with E-state index in [1.54, 1.807) is 36.5 Å². The highest BCUT2D eigenvalue weighted by Gasteiger charge is 2.00. The first-order chi connectivity index (χ1) is 8.66. The lowest BCUT2D eigenvalue weighted by Gasteiger charge is -1.98. The second-order valence-electron chi connectivity index (χ2n) is 3.69. The van der Waals surface area contributed by atoms with Crippen LogP contribution in [0.15, 0.2) is 53.5 Å². The van der Waals surface area contributed by atoms with Gasteiger partial charge >= 0.3 is 0 Å². The Kier molecular flexibility index (Phi) is 3.75. The van der Waals surface area contributed by atoms with Crippen molar-refractivity contribution in [3.63, 3.8) is 0 Å². The number of carbonyl (C=O) groups excluding carboxylic acids is 1. The molecule has 0 saturated carbocycles. The van der Waals surface area contributed by atoms with Gasteiger partial charge in [0.25, 0.3) is 0 Å². The largest absolute Gasteiger partial charge is 0.366 e. The highest BCUT2D eigenvalue weighted by molar-refractivity contribution is 6.33. The summed E-state index contributed by atoms with van der Waals surface area (Å²) in [6, 6.07) is 14.2. The molecule has 0 aliphatic rings. The Morgan fingerprint density at radius 3 is 2.67 bits per heavy atom. The molecule has 0 atom stereocenters. The topological polar surface area (TPSA) is 55.5 Å². The maximum absolute atomic E-state index is 11.0. The van der Waals surface area contributed by atoms with Gasteiger partial charge in [0.05, 0.1) is 5.69 Å². The molecule has 0 unspecified atom stereocenters. The molecule has 3 nitrogen and oxygen atoms in total. The van der Waals surface area contributed by atoms with Gasteiger partial charge in [0.1, 0.15) is 0 Å². The molecule has 2 aromatic rings. The second-order valence-corrected chi connectivity index (χ2v) is 4.10. The molecule has 4 heteroatoms. The van der Waals surface area contributed by atoms with Crippen LogP contribution < -0.4 is 5.73 Å². The van der Waals surface area contributed by atoms with E-state index < -0.39 is 5.91 Å². The first kappa shape index (κ1) is 12.3. The average molecular weight is 259 g/mol. The third-order valence-electron chi connectivity index (χ3n) is 2.39. The summed E-state index contributed by atoms with van der Waals surface area (Å²) >= 11 is 6.01. The Hall–Kier alpha value is -2.13. The van der Waals surface area contributed by atoms with Crippen molar-refractivity contribution in [3.8, 4) is 0 Å². The number of halogens is 1. The lowest BCUT2D eigenvalue weighted by Crippen LogP contribution is -2.10. The molecule has 0 heterocycles. The fourth-order valence-electron chi connectivity index (χ4n) is 1.46. The Labute approximate surface area is 110 Å². The summed E-state index contributed by atoms with van der Waals surface area (Å²) in [6.07, 6.45) is 1.66. The van der Waals surface area contributed by atoms with Crippen molar-refractivity contribution in [3.05, 3.63) is 64.7 Å². The molecule has 0 aliphatic carbocycles. The van der Waals surface area contributed by atoms with Gasteiger partial charge in [-0.25, -0.2) is 0 Å². The molecule has 0 radical (unpaired) electrons. The lowest BCUT2D eigenvalue weighted by molar-refractivity contribution is 0.100. The maximum atomic E-state index is 11.0. The van der Waals surface area contributed by atoms with E-state index in [2.05, 4.69) is 4.99 Å². The number of carbonyl (C=O) groups is 1. The van der Waals surface area contributed by atoms with E-state index in [1.165, 1.54) is 0 Å². The number of aliphatic imine (C=N–C) groups is 1. The molecule has 0 spiro atoms. The van der Waals surface area contributed by atoms with E-state index in [-0.39, 0.29) is 0 Å². The van der Waals surface area contributed by atoms with Gasteiger partial charge in [0.15, 0.2) is 0 Å². The molecule has 0 bridgehead atoms. The zero-order valence-electron chi connectivity index (χ0n) is 9.51. The van der Waals surface area contributed by atoms with Crippen molar-refractivity contribution in [1.29, 1.82) is 0 Å². The zero-order chi connectivity index (χ0) is 13.0. The number of nitrogens with zero attached hydrogens (tertiary/aromatic N) is 1. The monoisotopic (exact) mass is 258 g/mol. The smallest absolute Gasteiger partial charge is 0.248 e. The number of amides is 1. The predicted molar refractivity (Wildman–Crippen MR) is 73.7 cm³/mol. The summed E-state index contributed by atoms with van der Waals surface area (Å²) in [6.45, 7) is 0. The molecular weight excluding hydrogens is 248 g/mol. The van der Waals surface area contributed by atoms with Crippen LogP contribution in [0.2, 0.25) is 5.02 Å². The summed E-state index contributed by atoms with van der Waals surface area (Å²) in [4.78, 5) is 15.3. The van der Waals surface area contributed by atoms with Gasteiger partial charge in [-0.1, -0.05) is 35.9 Å². The van der Waals surface area contributed by atoms with Gasteiger partial charge in [-0.05, 0) is 24.3 Å². The number of nitrogens with two attached hydrogens (primary N) is 1. The van der Waals surface area contributed by atoms with Crippen molar-refractivity contribution < 1.29 is 4.79 Å². The van der Waals surface area contributed by atoms with Crippen LogP contribution in [0.1, 0.15) is 15.9 Å². The highest BCUT2D eigenvalue weighted by Crippen LogP contribution is 2.16. The molecular formula is C14H11ClN2O. The molecule has 0 aliphatic heterocycles. The van der Waals surface area contributed by atoms with Crippen molar-refractivity contribution in [1.82, 2.24) is 0 Å². The van der Waals surface area contributed by atoms with E-state index >= 15 is 0 Å². The zero-order valence-corrected chi connectivity index (χ0v) is 10.3. The van der Waals surface area contributed by atoms with E-state index in [0.717, 1.165) is 5.56 Å². The highest BCUT2D eigenvalue weighted by atomic mass is 35.5. The van der Waals surface area contributed by atoms with Gasteiger partial charge in [-0.3, -0.25) is 9.79 Å². The molecule has 18 heavy (non-hydrogen) atoms. The molecule has 2 N–H and O–H groups in total. The first-order valence-electron chi connectivity index (χ1n) is 5.35. The molecule has 1 amide bonds. The van der Waals surface area contributed by atoms with Crippen LogP contribution in [-0.2, 0) is 0 Å². The van der Waals surface area contributed by atoms with Crippen LogP contribution in [0, 0.1) is 0 Å². The minimum atomic E-state index is -0.468. The summed E-state index contributed by atoms with van der Waals surface area (Å²) in [7, 11) is 0. The molecule has 90 valence electrons. The van der Waals surface area contributed by atoms with Crippen LogP contribution in [0.3, 0.4) is 0 Å². The Bertz CT molecular complexity index is 608. The van der Waals surface area contributed by atoms with E-state index in [4.69, 9.17) is 17.3 Å². The average Bonchev–Trinajstić information content (AvgIpc) is 2.38. The van der Waals surface area contributed by atoms with E-state index in [9.17, 15) is 4.79 Å². The molecule has 2 aromatic carbocycles. The number of rotatable bonds is 3. The number of hydrogen-bond acceptors (Lipinski definition) is 2. The van der Waals surface area contributed by atoms with Gasteiger partial charge in [0.2, 0.25) is 5.91 Å². The first-order valence-corrected chi connectivity index (χ1v) is 5.73. The van der Waals surface area contributed by atoms with E-state index in [0.29, 0.717) is 16.3 Å². The van der Waals surface area contributed by atoms with Crippen molar-refractivity contribution in [2.45, 2.75) is 0 Å². The van der Waals surface area contributed by atoms with Crippen LogP contribution in [-0.4, -0.2) is 12.1 Å². The second kappa shape index (κ2) is 5.47. The summed E-state index contributed by atoms with van der Waals surface area (Å²) in [5, 5.41) is 0.632. The van der Waals surface area contributed by atoms with Crippen molar-refractivity contribution >= 4 is 29.4 Å². The van der Waals surface area contributed by atoms with Crippen LogP contribution in [0.5, 0.6) is 0 Å². The molecule has 2 rings (SSSR count). The quantitative estimate of drug-likeness (QED) is 0.845. The molecule has 0 fully saturated rings. The SMILES string of the molecule is NC(=O)c1cccc(N=Cc2ccccc2Cl)c1. The molecule has 0 aromatic heterocycles. The van der Waals surface area contributed by atoms with Gasteiger partial charge in [0, 0.05) is 22.4 Å². The lowest BCUT2D eigenvalue weighted by atomic mass is 10.2. The normalized spacial score (nSPS) is 10.7. The van der Waals surface area contributed by atoms with Gasteiger partial charge < -0.3 is 5.73 Å².